The molecule has 1 atom stereocenters. The summed E-state index contributed by atoms with van der Waals surface area (Å²) in [4.78, 5) is 15.4. The largest absolute Gasteiger partial charge is 0.338 e. The summed E-state index contributed by atoms with van der Waals surface area (Å²) in [7, 11) is -3.75. The Labute approximate surface area is 123 Å². The van der Waals surface area contributed by atoms with E-state index < -0.39 is 10.0 Å². The van der Waals surface area contributed by atoms with Crippen LogP contribution in [0, 0.1) is 12.8 Å². The molecule has 5 nitrogen and oxygen atoms in total. The van der Waals surface area contributed by atoms with Gasteiger partial charge in [-0.3, -0.25) is 4.79 Å². The van der Waals surface area contributed by atoms with Gasteiger partial charge >= 0.3 is 0 Å². The van der Waals surface area contributed by atoms with E-state index in [1.165, 1.54) is 17.4 Å². The van der Waals surface area contributed by atoms with Crippen molar-refractivity contribution in [1.29, 1.82) is 0 Å². The van der Waals surface area contributed by atoms with E-state index in [4.69, 9.17) is 5.14 Å². The number of likely N-dealkylation sites (tertiary alicyclic amines) is 1. The Bertz CT molecular complexity index is 607. The molecule has 20 heavy (non-hydrogen) atoms. The number of sulfonamides is 1. The third-order valence-electron chi connectivity index (χ3n) is 3.69. The summed E-state index contributed by atoms with van der Waals surface area (Å²) in [5, 5.41) is 5.15. The Balaban J connectivity index is 2.21. The fourth-order valence-electron chi connectivity index (χ4n) is 2.48. The number of rotatable bonds is 2. The van der Waals surface area contributed by atoms with E-state index in [0.29, 0.717) is 15.7 Å². The van der Waals surface area contributed by atoms with Crippen LogP contribution in [0.5, 0.6) is 0 Å². The van der Waals surface area contributed by atoms with Crippen molar-refractivity contribution < 1.29 is 13.2 Å². The smallest absolute Gasteiger partial charge is 0.263 e. The molecular weight excluding hydrogens is 296 g/mol. The van der Waals surface area contributed by atoms with Crippen LogP contribution in [0.3, 0.4) is 0 Å². The maximum absolute atomic E-state index is 12.5. The van der Waals surface area contributed by atoms with Crippen molar-refractivity contribution in [3.8, 4) is 0 Å². The highest BCUT2D eigenvalue weighted by molar-refractivity contribution is 7.89. The second kappa shape index (κ2) is 5.83. The first-order chi connectivity index (χ1) is 9.29. The lowest BCUT2D eigenvalue weighted by Gasteiger charge is -2.19. The number of carbonyl (C=O) groups is 1. The number of aryl methyl sites for hydroxylation is 1. The average Bonchev–Trinajstić information content (AvgIpc) is 2.61. The average molecular weight is 316 g/mol. The lowest BCUT2D eigenvalue weighted by Crippen LogP contribution is -2.31. The van der Waals surface area contributed by atoms with Crippen molar-refractivity contribution >= 4 is 27.3 Å². The fraction of sp³-hybridized carbons (Fsp3) is 0.615. The van der Waals surface area contributed by atoms with Crippen LogP contribution in [0.1, 0.15) is 40.7 Å². The van der Waals surface area contributed by atoms with Gasteiger partial charge in [0.15, 0.2) is 0 Å². The number of hydrogen-bond acceptors (Lipinski definition) is 4. The minimum atomic E-state index is -3.75. The molecule has 7 heteroatoms. The molecule has 1 fully saturated rings. The van der Waals surface area contributed by atoms with Crippen LogP contribution in [-0.2, 0) is 10.0 Å². The van der Waals surface area contributed by atoms with E-state index in [1.54, 1.807) is 6.92 Å². The molecule has 112 valence electrons. The van der Waals surface area contributed by atoms with Crippen molar-refractivity contribution in [2.75, 3.05) is 13.1 Å². The fourth-order valence-corrected chi connectivity index (χ4v) is 4.59. The third-order valence-corrected chi connectivity index (χ3v) is 5.90. The van der Waals surface area contributed by atoms with Crippen LogP contribution in [-0.4, -0.2) is 32.3 Å². The van der Waals surface area contributed by atoms with E-state index in [2.05, 4.69) is 6.92 Å². The first-order valence-corrected chi connectivity index (χ1v) is 9.08. The molecule has 0 bridgehead atoms. The molecule has 1 unspecified atom stereocenters. The van der Waals surface area contributed by atoms with Crippen molar-refractivity contribution in [1.82, 2.24) is 4.90 Å². The van der Waals surface area contributed by atoms with Gasteiger partial charge in [0.25, 0.3) is 5.91 Å². The van der Waals surface area contributed by atoms with Crippen molar-refractivity contribution in [2.45, 2.75) is 38.0 Å². The van der Waals surface area contributed by atoms with Crippen molar-refractivity contribution in [3.63, 3.8) is 0 Å². The Kier molecular flexibility index (Phi) is 4.51. The number of nitrogens with zero attached hydrogens (tertiary/aromatic N) is 1. The number of nitrogens with two attached hydrogens (primary N) is 1. The van der Waals surface area contributed by atoms with Gasteiger partial charge in [0, 0.05) is 18.0 Å². The van der Waals surface area contributed by atoms with Crippen LogP contribution >= 0.6 is 11.3 Å². The SMILES string of the molecule is Cc1sc(C(=O)N2CCCC(C)CC2)cc1S(N)(=O)=O. The van der Waals surface area contributed by atoms with E-state index >= 15 is 0 Å². The van der Waals surface area contributed by atoms with Gasteiger partial charge in [0.1, 0.15) is 0 Å². The van der Waals surface area contributed by atoms with Crippen LogP contribution in [0.2, 0.25) is 0 Å². The molecule has 1 saturated heterocycles. The van der Waals surface area contributed by atoms with E-state index in [0.717, 1.165) is 32.4 Å². The van der Waals surface area contributed by atoms with E-state index in [9.17, 15) is 13.2 Å². The summed E-state index contributed by atoms with van der Waals surface area (Å²) >= 11 is 1.20. The van der Waals surface area contributed by atoms with Gasteiger partial charge in [-0.25, -0.2) is 13.6 Å². The van der Waals surface area contributed by atoms with Crippen LogP contribution in [0.25, 0.3) is 0 Å². The topological polar surface area (TPSA) is 80.5 Å². The number of carbonyl (C=O) groups excluding carboxylic acids is 1. The number of thiophene rings is 1. The molecule has 2 N–H and O–H groups in total. The lowest BCUT2D eigenvalue weighted by molar-refractivity contribution is 0.0765. The van der Waals surface area contributed by atoms with Crippen molar-refractivity contribution in [2.24, 2.45) is 11.1 Å². The lowest BCUT2D eigenvalue weighted by atomic mass is 10.0. The van der Waals surface area contributed by atoms with Crippen LogP contribution in [0.15, 0.2) is 11.0 Å². The molecule has 0 radical (unpaired) electrons. The summed E-state index contributed by atoms with van der Waals surface area (Å²) in [6.45, 7) is 5.35. The first kappa shape index (κ1) is 15.5. The van der Waals surface area contributed by atoms with Crippen molar-refractivity contribution in [3.05, 3.63) is 15.8 Å². The minimum Gasteiger partial charge on any atom is -0.338 e. The minimum absolute atomic E-state index is 0.0639. The maximum atomic E-state index is 12.5. The predicted octanol–water partition coefficient (Wildman–Crippen LogP) is 1.97. The summed E-state index contributed by atoms with van der Waals surface area (Å²) in [6, 6.07) is 1.41. The highest BCUT2D eigenvalue weighted by Gasteiger charge is 2.24. The first-order valence-electron chi connectivity index (χ1n) is 6.71. The molecule has 0 aromatic carbocycles. The zero-order chi connectivity index (χ0) is 14.9. The number of primary sulfonamides is 1. The van der Waals surface area contributed by atoms with Gasteiger partial charge in [-0.2, -0.15) is 0 Å². The van der Waals surface area contributed by atoms with Gasteiger partial charge in [0.05, 0.1) is 9.77 Å². The molecule has 1 aromatic heterocycles. The summed E-state index contributed by atoms with van der Waals surface area (Å²) in [6.07, 6.45) is 3.13. The Hall–Kier alpha value is -0.920. The highest BCUT2D eigenvalue weighted by Crippen LogP contribution is 2.27. The highest BCUT2D eigenvalue weighted by atomic mass is 32.2. The van der Waals surface area contributed by atoms with E-state index in [-0.39, 0.29) is 10.8 Å². The Morgan fingerprint density at radius 2 is 2.10 bits per heavy atom. The van der Waals surface area contributed by atoms with Crippen LogP contribution < -0.4 is 5.14 Å². The standard InChI is InChI=1S/C13H20N2O3S2/c1-9-4-3-6-15(7-5-9)13(16)11-8-12(10(2)19-11)20(14,17)18/h8-9H,3-7H2,1-2H3,(H2,14,17,18). The molecule has 1 amide bonds. The van der Waals surface area contributed by atoms with Gasteiger partial charge in [-0.1, -0.05) is 6.92 Å². The molecule has 0 spiro atoms. The normalized spacial score (nSPS) is 20.8. The Morgan fingerprint density at radius 3 is 2.70 bits per heavy atom. The number of amides is 1. The molecule has 0 aliphatic carbocycles. The summed E-state index contributed by atoms with van der Waals surface area (Å²) < 4.78 is 22.8. The second-order valence-corrected chi connectivity index (χ2v) is 8.19. The molecule has 2 rings (SSSR count). The molecule has 1 aliphatic rings. The quantitative estimate of drug-likeness (QED) is 0.905. The predicted molar refractivity (Wildman–Crippen MR) is 79.3 cm³/mol. The molecule has 1 aromatic rings. The summed E-state index contributed by atoms with van der Waals surface area (Å²) in [5.41, 5.74) is 0. The van der Waals surface area contributed by atoms with E-state index in [1.807, 2.05) is 4.90 Å². The molecule has 1 aliphatic heterocycles. The second-order valence-electron chi connectivity index (χ2n) is 5.40. The Morgan fingerprint density at radius 1 is 1.40 bits per heavy atom. The monoisotopic (exact) mass is 316 g/mol. The zero-order valence-corrected chi connectivity index (χ0v) is 13.4. The maximum Gasteiger partial charge on any atom is 0.263 e. The summed E-state index contributed by atoms with van der Waals surface area (Å²) in [5.74, 6) is 0.556. The number of hydrogen-bond donors (Lipinski definition) is 1. The van der Waals surface area contributed by atoms with Gasteiger partial charge in [-0.05, 0) is 38.2 Å². The van der Waals surface area contributed by atoms with Gasteiger partial charge < -0.3 is 4.90 Å². The van der Waals surface area contributed by atoms with Crippen LogP contribution in [0.4, 0.5) is 0 Å². The zero-order valence-electron chi connectivity index (χ0n) is 11.8. The van der Waals surface area contributed by atoms with Gasteiger partial charge in [0.2, 0.25) is 10.0 Å². The van der Waals surface area contributed by atoms with Gasteiger partial charge in [-0.15, -0.1) is 11.3 Å². The molecular formula is C13H20N2O3S2. The third kappa shape index (κ3) is 3.39. The molecule has 0 saturated carbocycles. The molecule has 2 heterocycles.